The highest BCUT2D eigenvalue weighted by Crippen LogP contribution is 2.19. The fourth-order valence-corrected chi connectivity index (χ4v) is 3.29. The molecule has 1 aliphatic heterocycles. The van der Waals surface area contributed by atoms with Gasteiger partial charge in [0.2, 0.25) is 0 Å². The van der Waals surface area contributed by atoms with Crippen LogP contribution in [-0.4, -0.2) is 52.3 Å². The largest absolute Gasteiger partial charge is 0.396 e. The zero-order valence-electron chi connectivity index (χ0n) is 13.7. The molecule has 1 aromatic carbocycles. The number of aliphatic hydroxyl groups is 1. The molecule has 23 heavy (non-hydrogen) atoms. The Bertz CT molecular complexity index is 600. The van der Waals surface area contributed by atoms with Gasteiger partial charge in [0.25, 0.3) is 0 Å². The monoisotopic (exact) mass is 315 g/mol. The number of aliphatic hydroxyl groups excluding tert-OH is 1. The quantitative estimate of drug-likeness (QED) is 0.884. The minimum Gasteiger partial charge on any atom is -0.396 e. The SMILES string of the molecule is Cc1ccccc1CN1CCN(Cc2ccon2)C[C@H]1CCO. The van der Waals surface area contributed by atoms with Crippen molar-refractivity contribution >= 4 is 0 Å². The highest BCUT2D eigenvalue weighted by Gasteiger charge is 2.27. The minimum absolute atomic E-state index is 0.229. The van der Waals surface area contributed by atoms with Crippen LogP contribution >= 0.6 is 0 Å². The van der Waals surface area contributed by atoms with E-state index in [4.69, 9.17) is 4.52 Å². The van der Waals surface area contributed by atoms with E-state index in [1.54, 1.807) is 6.26 Å². The van der Waals surface area contributed by atoms with E-state index in [0.29, 0.717) is 6.04 Å². The van der Waals surface area contributed by atoms with Crippen LogP contribution in [0.25, 0.3) is 0 Å². The van der Waals surface area contributed by atoms with Gasteiger partial charge in [-0.1, -0.05) is 29.4 Å². The summed E-state index contributed by atoms with van der Waals surface area (Å²) in [6, 6.07) is 10.8. The molecule has 5 nitrogen and oxygen atoms in total. The van der Waals surface area contributed by atoms with Gasteiger partial charge in [0.05, 0.1) is 5.69 Å². The molecular formula is C18H25N3O2. The summed E-state index contributed by atoms with van der Waals surface area (Å²) in [5.74, 6) is 0. The summed E-state index contributed by atoms with van der Waals surface area (Å²) in [5.41, 5.74) is 3.68. The Kier molecular flexibility index (Phi) is 5.43. The molecule has 3 rings (SSSR count). The van der Waals surface area contributed by atoms with Gasteiger partial charge in [-0.3, -0.25) is 9.80 Å². The average molecular weight is 315 g/mol. The molecule has 1 fully saturated rings. The van der Waals surface area contributed by atoms with Crippen LogP contribution in [-0.2, 0) is 13.1 Å². The molecule has 2 aromatic rings. The lowest BCUT2D eigenvalue weighted by atomic mass is 10.0. The summed E-state index contributed by atoms with van der Waals surface area (Å²) in [5, 5.41) is 13.4. The Morgan fingerprint density at radius 1 is 1.22 bits per heavy atom. The maximum Gasteiger partial charge on any atom is 0.124 e. The molecule has 1 saturated heterocycles. The lowest BCUT2D eigenvalue weighted by Gasteiger charge is -2.41. The van der Waals surface area contributed by atoms with Gasteiger partial charge in [0.15, 0.2) is 0 Å². The van der Waals surface area contributed by atoms with Crippen LogP contribution in [0.1, 0.15) is 23.2 Å². The predicted molar refractivity (Wildman–Crippen MR) is 88.9 cm³/mol. The second-order valence-electron chi connectivity index (χ2n) is 6.29. The van der Waals surface area contributed by atoms with Gasteiger partial charge in [0.1, 0.15) is 6.26 Å². The Morgan fingerprint density at radius 3 is 2.83 bits per heavy atom. The van der Waals surface area contributed by atoms with Gasteiger partial charge in [-0.2, -0.15) is 0 Å². The van der Waals surface area contributed by atoms with Crippen molar-refractivity contribution in [1.29, 1.82) is 0 Å². The van der Waals surface area contributed by atoms with E-state index in [2.05, 4.69) is 46.1 Å². The third-order valence-corrected chi connectivity index (χ3v) is 4.66. The van der Waals surface area contributed by atoms with Crippen molar-refractivity contribution in [2.24, 2.45) is 0 Å². The third-order valence-electron chi connectivity index (χ3n) is 4.66. The molecule has 0 unspecified atom stereocenters. The highest BCUT2D eigenvalue weighted by molar-refractivity contribution is 5.25. The average Bonchev–Trinajstić information content (AvgIpc) is 3.05. The van der Waals surface area contributed by atoms with E-state index in [1.165, 1.54) is 11.1 Å². The van der Waals surface area contributed by atoms with Crippen molar-refractivity contribution < 1.29 is 9.63 Å². The van der Waals surface area contributed by atoms with Crippen LogP contribution in [0.15, 0.2) is 41.1 Å². The molecule has 0 saturated carbocycles. The molecular weight excluding hydrogens is 290 g/mol. The van der Waals surface area contributed by atoms with E-state index >= 15 is 0 Å². The predicted octanol–water partition coefficient (Wildman–Crippen LogP) is 2.05. The first-order valence-corrected chi connectivity index (χ1v) is 8.27. The lowest BCUT2D eigenvalue weighted by molar-refractivity contribution is 0.0488. The van der Waals surface area contributed by atoms with E-state index in [1.807, 2.05) is 6.07 Å². The van der Waals surface area contributed by atoms with Crippen molar-refractivity contribution in [1.82, 2.24) is 15.0 Å². The van der Waals surface area contributed by atoms with Crippen molar-refractivity contribution in [2.75, 3.05) is 26.2 Å². The zero-order valence-corrected chi connectivity index (χ0v) is 13.7. The number of hydrogen-bond donors (Lipinski definition) is 1. The van der Waals surface area contributed by atoms with Crippen LogP contribution in [0.3, 0.4) is 0 Å². The van der Waals surface area contributed by atoms with Crippen molar-refractivity contribution in [3.8, 4) is 0 Å². The molecule has 5 heteroatoms. The number of rotatable bonds is 6. The third kappa shape index (κ3) is 4.19. The molecule has 0 bridgehead atoms. The molecule has 1 atom stereocenters. The number of hydrogen-bond acceptors (Lipinski definition) is 5. The van der Waals surface area contributed by atoms with Gasteiger partial charge in [-0.05, 0) is 24.5 Å². The number of aryl methyl sites for hydroxylation is 1. The summed E-state index contributed by atoms with van der Waals surface area (Å²) in [6.45, 7) is 7.15. The first kappa shape index (κ1) is 16.2. The number of piperazine rings is 1. The normalized spacial score (nSPS) is 20.0. The van der Waals surface area contributed by atoms with Gasteiger partial charge < -0.3 is 9.63 Å². The highest BCUT2D eigenvalue weighted by atomic mass is 16.5. The Balaban J connectivity index is 1.64. The van der Waals surface area contributed by atoms with Gasteiger partial charge in [-0.25, -0.2) is 0 Å². The minimum atomic E-state index is 0.229. The van der Waals surface area contributed by atoms with E-state index in [0.717, 1.165) is 44.8 Å². The second-order valence-corrected chi connectivity index (χ2v) is 6.29. The summed E-state index contributed by atoms with van der Waals surface area (Å²) in [4.78, 5) is 4.89. The molecule has 0 radical (unpaired) electrons. The van der Waals surface area contributed by atoms with Gasteiger partial charge >= 0.3 is 0 Å². The fourth-order valence-electron chi connectivity index (χ4n) is 3.29. The summed E-state index contributed by atoms with van der Waals surface area (Å²) in [6.07, 6.45) is 2.43. The summed E-state index contributed by atoms with van der Waals surface area (Å²) < 4.78 is 4.92. The van der Waals surface area contributed by atoms with E-state index in [9.17, 15) is 5.11 Å². The van der Waals surface area contributed by atoms with Crippen molar-refractivity contribution in [3.63, 3.8) is 0 Å². The first-order valence-electron chi connectivity index (χ1n) is 8.27. The number of benzene rings is 1. The summed E-state index contributed by atoms with van der Waals surface area (Å²) >= 11 is 0. The van der Waals surface area contributed by atoms with E-state index < -0.39 is 0 Å². The van der Waals surface area contributed by atoms with Crippen LogP contribution in [0.5, 0.6) is 0 Å². The Labute approximate surface area is 137 Å². The van der Waals surface area contributed by atoms with Crippen LogP contribution < -0.4 is 0 Å². The molecule has 0 spiro atoms. The molecule has 0 amide bonds. The topological polar surface area (TPSA) is 52.7 Å². The molecule has 124 valence electrons. The number of aromatic nitrogens is 1. The Morgan fingerprint density at radius 2 is 2.09 bits per heavy atom. The zero-order chi connectivity index (χ0) is 16.1. The molecule has 2 heterocycles. The van der Waals surface area contributed by atoms with Crippen LogP contribution in [0.2, 0.25) is 0 Å². The smallest absolute Gasteiger partial charge is 0.124 e. The van der Waals surface area contributed by atoms with E-state index in [-0.39, 0.29) is 6.61 Å². The van der Waals surface area contributed by atoms with Crippen molar-refractivity contribution in [2.45, 2.75) is 32.5 Å². The first-order chi connectivity index (χ1) is 11.3. The van der Waals surface area contributed by atoms with Gasteiger partial charge in [0, 0.05) is 51.4 Å². The molecule has 1 aromatic heterocycles. The Hall–Kier alpha value is -1.69. The van der Waals surface area contributed by atoms with Crippen molar-refractivity contribution in [3.05, 3.63) is 53.4 Å². The van der Waals surface area contributed by atoms with Crippen LogP contribution in [0, 0.1) is 6.92 Å². The standard InChI is InChI=1S/C18H25N3O2/c1-15-4-2-3-5-16(15)12-21-9-8-20(14-18(21)6-10-22)13-17-7-11-23-19-17/h2-5,7,11,18,22H,6,8-10,12-14H2,1H3/t18-/m1/s1. The van der Waals surface area contributed by atoms with Crippen LogP contribution in [0.4, 0.5) is 0 Å². The number of nitrogens with zero attached hydrogens (tertiary/aromatic N) is 3. The second kappa shape index (κ2) is 7.73. The maximum atomic E-state index is 9.43. The molecule has 0 aliphatic carbocycles. The maximum absolute atomic E-state index is 9.43. The van der Waals surface area contributed by atoms with Gasteiger partial charge in [-0.15, -0.1) is 0 Å². The lowest BCUT2D eigenvalue weighted by Crippen LogP contribution is -2.52. The molecule has 1 aliphatic rings. The molecule has 1 N–H and O–H groups in total. The summed E-state index contributed by atoms with van der Waals surface area (Å²) in [7, 11) is 0. The fraction of sp³-hybridized carbons (Fsp3) is 0.500.